The second-order valence-corrected chi connectivity index (χ2v) is 5.80. The fourth-order valence-electron chi connectivity index (χ4n) is 2.84. The smallest absolute Gasteiger partial charge is 0.237 e. The topological polar surface area (TPSA) is 59.0 Å². The zero-order valence-corrected chi connectivity index (χ0v) is 12.8. The first-order valence-corrected chi connectivity index (χ1v) is 7.86. The number of carbonyl (C=O) groups is 1. The number of rotatable bonds is 4. The summed E-state index contributed by atoms with van der Waals surface area (Å²) < 4.78 is 1.96. The Kier molecular flexibility index (Phi) is 4.53. The molecule has 0 aliphatic carbocycles. The summed E-state index contributed by atoms with van der Waals surface area (Å²) in [6, 6.07) is 8.10. The average Bonchev–Trinajstić information content (AvgIpc) is 3.10. The Morgan fingerprint density at radius 2 is 2.36 bits per heavy atom. The van der Waals surface area contributed by atoms with Gasteiger partial charge in [0.05, 0.1) is 18.4 Å². The summed E-state index contributed by atoms with van der Waals surface area (Å²) >= 11 is 0. The Morgan fingerprint density at radius 3 is 3.09 bits per heavy atom. The van der Waals surface area contributed by atoms with Crippen LogP contribution in [0.15, 0.2) is 43.0 Å². The van der Waals surface area contributed by atoms with E-state index < -0.39 is 0 Å². The second-order valence-electron chi connectivity index (χ2n) is 5.80. The average molecular weight is 298 g/mol. The fourth-order valence-corrected chi connectivity index (χ4v) is 2.84. The van der Waals surface area contributed by atoms with Crippen molar-refractivity contribution in [1.82, 2.24) is 20.2 Å². The summed E-state index contributed by atoms with van der Waals surface area (Å²) in [5, 5.41) is 6.40. The van der Waals surface area contributed by atoms with E-state index in [9.17, 15) is 4.79 Å². The standard InChI is InChI=1S/C17H22N4O/c1-13(20-17(22)16-7-2-3-8-19-16)14-5-4-6-15(11-14)21-10-9-18-12-21/h4-6,9-13,16,19H,2-3,7-8H2,1H3,(H,20,22)/t13?,16-/m1/s1. The monoisotopic (exact) mass is 298 g/mol. The molecule has 1 saturated heterocycles. The Morgan fingerprint density at radius 1 is 1.45 bits per heavy atom. The van der Waals surface area contributed by atoms with Crippen LogP contribution in [0.1, 0.15) is 37.8 Å². The molecule has 2 atom stereocenters. The fraction of sp³-hybridized carbons (Fsp3) is 0.412. The van der Waals surface area contributed by atoms with E-state index in [1.165, 1.54) is 0 Å². The van der Waals surface area contributed by atoms with Gasteiger partial charge >= 0.3 is 0 Å². The predicted molar refractivity (Wildman–Crippen MR) is 85.8 cm³/mol. The third kappa shape index (κ3) is 3.36. The minimum Gasteiger partial charge on any atom is -0.348 e. The summed E-state index contributed by atoms with van der Waals surface area (Å²) in [4.78, 5) is 16.4. The van der Waals surface area contributed by atoms with Crippen LogP contribution in [-0.4, -0.2) is 28.0 Å². The molecular weight excluding hydrogens is 276 g/mol. The number of piperidine rings is 1. The third-order valence-corrected chi connectivity index (χ3v) is 4.16. The molecule has 2 aromatic rings. The molecule has 5 heteroatoms. The van der Waals surface area contributed by atoms with Gasteiger partial charge in [0, 0.05) is 18.1 Å². The molecule has 2 N–H and O–H groups in total. The largest absolute Gasteiger partial charge is 0.348 e. The molecule has 1 aliphatic rings. The summed E-state index contributed by atoms with van der Waals surface area (Å²) in [6.45, 7) is 2.95. The van der Waals surface area contributed by atoms with Crippen molar-refractivity contribution in [2.24, 2.45) is 0 Å². The van der Waals surface area contributed by atoms with E-state index in [0.717, 1.165) is 37.1 Å². The SMILES string of the molecule is CC(NC(=O)[C@H]1CCCCN1)c1cccc(-n2ccnc2)c1. The molecule has 1 aromatic heterocycles. The highest BCUT2D eigenvalue weighted by atomic mass is 16.2. The molecule has 5 nitrogen and oxygen atoms in total. The molecule has 3 rings (SSSR count). The second kappa shape index (κ2) is 6.75. The van der Waals surface area contributed by atoms with Crippen molar-refractivity contribution in [2.75, 3.05) is 6.54 Å². The van der Waals surface area contributed by atoms with E-state index >= 15 is 0 Å². The number of nitrogens with zero attached hydrogens (tertiary/aromatic N) is 2. The van der Waals surface area contributed by atoms with Gasteiger partial charge in [-0.2, -0.15) is 0 Å². The molecular formula is C17H22N4O. The number of amides is 1. The highest BCUT2D eigenvalue weighted by molar-refractivity contribution is 5.82. The molecule has 1 aromatic carbocycles. The highest BCUT2D eigenvalue weighted by Crippen LogP contribution is 2.17. The quantitative estimate of drug-likeness (QED) is 0.909. The number of hydrogen-bond acceptors (Lipinski definition) is 3. The number of carbonyl (C=O) groups excluding carboxylic acids is 1. The molecule has 116 valence electrons. The van der Waals surface area contributed by atoms with E-state index in [-0.39, 0.29) is 18.0 Å². The summed E-state index contributed by atoms with van der Waals surface area (Å²) in [7, 11) is 0. The van der Waals surface area contributed by atoms with Crippen LogP contribution in [0, 0.1) is 0 Å². The zero-order valence-electron chi connectivity index (χ0n) is 12.8. The molecule has 0 saturated carbocycles. The van der Waals surface area contributed by atoms with Gasteiger partial charge in [0.15, 0.2) is 0 Å². The van der Waals surface area contributed by atoms with Gasteiger partial charge in [0.2, 0.25) is 5.91 Å². The van der Waals surface area contributed by atoms with Crippen molar-refractivity contribution in [2.45, 2.75) is 38.3 Å². The number of imidazole rings is 1. The van der Waals surface area contributed by atoms with Crippen LogP contribution in [0.3, 0.4) is 0 Å². The van der Waals surface area contributed by atoms with Gasteiger partial charge in [-0.1, -0.05) is 18.6 Å². The first kappa shape index (κ1) is 14.8. The Labute approximate surface area is 130 Å². The summed E-state index contributed by atoms with van der Waals surface area (Å²) in [5.74, 6) is 0.0974. The van der Waals surface area contributed by atoms with Gasteiger partial charge in [-0.05, 0) is 44.0 Å². The van der Waals surface area contributed by atoms with Gasteiger partial charge < -0.3 is 15.2 Å². The molecule has 0 bridgehead atoms. The van der Waals surface area contributed by atoms with Crippen molar-refractivity contribution in [3.8, 4) is 5.69 Å². The van der Waals surface area contributed by atoms with E-state index in [1.54, 1.807) is 12.5 Å². The third-order valence-electron chi connectivity index (χ3n) is 4.16. The van der Waals surface area contributed by atoms with Crippen LogP contribution >= 0.6 is 0 Å². The number of aromatic nitrogens is 2. The number of hydrogen-bond donors (Lipinski definition) is 2. The zero-order chi connectivity index (χ0) is 15.4. The van der Waals surface area contributed by atoms with Crippen molar-refractivity contribution < 1.29 is 4.79 Å². The van der Waals surface area contributed by atoms with Crippen LogP contribution in [0.2, 0.25) is 0 Å². The highest BCUT2D eigenvalue weighted by Gasteiger charge is 2.22. The van der Waals surface area contributed by atoms with Crippen molar-refractivity contribution in [3.05, 3.63) is 48.5 Å². The molecule has 22 heavy (non-hydrogen) atoms. The summed E-state index contributed by atoms with van der Waals surface area (Å²) in [6.07, 6.45) is 8.64. The molecule has 1 amide bonds. The van der Waals surface area contributed by atoms with Gasteiger partial charge in [0.25, 0.3) is 0 Å². The number of nitrogens with one attached hydrogen (secondary N) is 2. The Hall–Kier alpha value is -2.14. The van der Waals surface area contributed by atoms with Crippen LogP contribution in [0.4, 0.5) is 0 Å². The van der Waals surface area contributed by atoms with Crippen molar-refractivity contribution in [1.29, 1.82) is 0 Å². The minimum absolute atomic E-state index is 0.0142. The molecule has 0 spiro atoms. The van der Waals surface area contributed by atoms with Crippen LogP contribution in [0.5, 0.6) is 0 Å². The number of benzene rings is 1. The summed E-state index contributed by atoms with van der Waals surface area (Å²) in [5.41, 5.74) is 2.14. The first-order chi connectivity index (χ1) is 10.7. The van der Waals surface area contributed by atoms with E-state index in [2.05, 4.69) is 21.7 Å². The van der Waals surface area contributed by atoms with Crippen LogP contribution < -0.4 is 10.6 Å². The van der Waals surface area contributed by atoms with Gasteiger partial charge in [-0.3, -0.25) is 4.79 Å². The maximum absolute atomic E-state index is 12.3. The normalized spacial score (nSPS) is 19.6. The Bertz CT molecular complexity index is 617. The maximum atomic E-state index is 12.3. The lowest BCUT2D eigenvalue weighted by atomic mass is 10.0. The predicted octanol–water partition coefficient (Wildman–Crippen LogP) is 2.19. The molecule has 2 heterocycles. The lowest BCUT2D eigenvalue weighted by Crippen LogP contribution is -2.47. The van der Waals surface area contributed by atoms with Gasteiger partial charge in [-0.25, -0.2) is 4.98 Å². The van der Waals surface area contributed by atoms with Crippen LogP contribution in [-0.2, 0) is 4.79 Å². The van der Waals surface area contributed by atoms with Gasteiger partial charge in [-0.15, -0.1) is 0 Å². The molecule has 1 aliphatic heterocycles. The molecule has 1 fully saturated rings. The van der Waals surface area contributed by atoms with E-state index in [0.29, 0.717) is 0 Å². The van der Waals surface area contributed by atoms with Crippen molar-refractivity contribution in [3.63, 3.8) is 0 Å². The van der Waals surface area contributed by atoms with E-state index in [4.69, 9.17) is 0 Å². The molecule has 1 unspecified atom stereocenters. The lowest BCUT2D eigenvalue weighted by Gasteiger charge is -2.25. The minimum atomic E-state index is -0.0481. The molecule has 0 radical (unpaired) electrons. The first-order valence-electron chi connectivity index (χ1n) is 7.86. The van der Waals surface area contributed by atoms with E-state index in [1.807, 2.05) is 35.9 Å². The Balaban J connectivity index is 1.68. The van der Waals surface area contributed by atoms with Gasteiger partial charge in [0.1, 0.15) is 0 Å². The van der Waals surface area contributed by atoms with Crippen molar-refractivity contribution >= 4 is 5.91 Å². The maximum Gasteiger partial charge on any atom is 0.237 e. The van der Waals surface area contributed by atoms with Crippen LogP contribution in [0.25, 0.3) is 5.69 Å². The lowest BCUT2D eigenvalue weighted by molar-refractivity contribution is -0.124.